The van der Waals surface area contributed by atoms with Gasteiger partial charge in [-0.15, -0.1) is 11.3 Å². The number of nitriles is 1. The number of rotatable bonds is 1. The SMILES string of the molecule is Cc1cc(F)cc2sc(CC#N)cc12. The zero-order chi connectivity index (χ0) is 10.1. The Kier molecular flexibility index (Phi) is 2.22. The molecule has 0 aliphatic rings. The quantitative estimate of drug-likeness (QED) is 0.699. The van der Waals surface area contributed by atoms with Gasteiger partial charge in [-0.3, -0.25) is 0 Å². The molecule has 0 saturated heterocycles. The van der Waals surface area contributed by atoms with Gasteiger partial charge in [-0.2, -0.15) is 5.26 Å². The van der Waals surface area contributed by atoms with Crippen molar-refractivity contribution in [3.63, 3.8) is 0 Å². The first-order valence-electron chi connectivity index (χ1n) is 4.26. The Labute approximate surface area is 85.4 Å². The van der Waals surface area contributed by atoms with Gasteiger partial charge < -0.3 is 0 Å². The number of aryl methyl sites for hydroxylation is 1. The molecule has 2 rings (SSSR count). The number of hydrogen-bond acceptors (Lipinski definition) is 2. The molecule has 0 saturated carbocycles. The number of hydrogen-bond donors (Lipinski definition) is 0. The van der Waals surface area contributed by atoms with Gasteiger partial charge in [0.1, 0.15) is 5.82 Å². The summed E-state index contributed by atoms with van der Waals surface area (Å²) in [6, 6.07) is 7.11. The summed E-state index contributed by atoms with van der Waals surface area (Å²) in [6.07, 6.45) is 0.403. The highest BCUT2D eigenvalue weighted by Crippen LogP contribution is 2.29. The van der Waals surface area contributed by atoms with E-state index in [1.54, 1.807) is 0 Å². The van der Waals surface area contributed by atoms with Crippen LogP contribution >= 0.6 is 11.3 Å². The third-order valence-electron chi connectivity index (χ3n) is 2.11. The molecule has 0 atom stereocenters. The molecule has 70 valence electrons. The Bertz CT molecular complexity index is 522. The fourth-order valence-electron chi connectivity index (χ4n) is 1.49. The normalized spacial score (nSPS) is 10.4. The average molecular weight is 205 g/mol. The lowest BCUT2D eigenvalue weighted by molar-refractivity contribution is 0.629. The number of benzene rings is 1. The largest absolute Gasteiger partial charge is 0.207 e. The molecule has 0 aliphatic heterocycles. The van der Waals surface area contributed by atoms with E-state index in [-0.39, 0.29) is 5.82 Å². The molecule has 3 heteroatoms. The molecule has 1 nitrogen and oxygen atoms in total. The molecule has 0 bridgehead atoms. The minimum atomic E-state index is -0.208. The third kappa shape index (κ3) is 1.49. The van der Waals surface area contributed by atoms with Crippen molar-refractivity contribution in [2.45, 2.75) is 13.3 Å². The number of halogens is 1. The highest BCUT2D eigenvalue weighted by molar-refractivity contribution is 7.19. The topological polar surface area (TPSA) is 23.8 Å². The molecule has 1 aromatic heterocycles. The summed E-state index contributed by atoms with van der Waals surface area (Å²) in [6.45, 7) is 1.88. The van der Waals surface area contributed by atoms with Gasteiger partial charge in [-0.05, 0) is 36.1 Å². The van der Waals surface area contributed by atoms with Gasteiger partial charge in [0, 0.05) is 9.58 Å². The summed E-state index contributed by atoms with van der Waals surface area (Å²) < 4.78 is 14.0. The van der Waals surface area contributed by atoms with Crippen LogP contribution in [0.3, 0.4) is 0 Å². The minimum absolute atomic E-state index is 0.208. The van der Waals surface area contributed by atoms with E-state index in [1.807, 2.05) is 13.0 Å². The first-order valence-corrected chi connectivity index (χ1v) is 5.08. The van der Waals surface area contributed by atoms with Gasteiger partial charge in [0.05, 0.1) is 12.5 Å². The van der Waals surface area contributed by atoms with Crippen LogP contribution in [-0.2, 0) is 6.42 Å². The first-order chi connectivity index (χ1) is 6.70. The van der Waals surface area contributed by atoms with E-state index in [9.17, 15) is 4.39 Å². The van der Waals surface area contributed by atoms with Crippen molar-refractivity contribution in [3.05, 3.63) is 34.5 Å². The highest BCUT2D eigenvalue weighted by atomic mass is 32.1. The van der Waals surface area contributed by atoms with Gasteiger partial charge in [-0.25, -0.2) is 4.39 Å². The Morgan fingerprint density at radius 2 is 2.21 bits per heavy atom. The second-order valence-electron chi connectivity index (χ2n) is 3.18. The molecule has 0 aliphatic carbocycles. The molecular formula is C11H8FNS. The van der Waals surface area contributed by atoms with E-state index in [2.05, 4.69) is 6.07 Å². The van der Waals surface area contributed by atoms with Crippen molar-refractivity contribution in [2.75, 3.05) is 0 Å². The second-order valence-corrected chi connectivity index (χ2v) is 4.35. The van der Waals surface area contributed by atoms with Crippen LogP contribution in [0.4, 0.5) is 4.39 Å². The third-order valence-corrected chi connectivity index (χ3v) is 3.20. The smallest absolute Gasteiger partial charge is 0.124 e. The Hall–Kier alpha value is -1.40. The van der Waals surface area contributed by atoms with Crippen molar-refractivity contribution in [2.24, 2.45) is 0 Å². The molecule has 14 heavy (non-hydrogen) atoms. The van der Waals surface area contributed by atoms with E-state index in [4.69, 9.17) is 5.26 Å². The van der Waals surface area contributed by atoms with E-state index >= 15 is 0 Å². The molecule has 1 heterocycles. The predicted octanol–water partition coefficient (Wildman–Crippen LogP) is 3.41. The molecule has 2 aromatic rings. The Morgan fingerprint density at radius 3 is 2.93 bits per heavy atom. The zero-order valence-electron chi connectivity index (χ0n) is 7.67. The molecule has 0 radical (unpaired) electrons. The first kappa shape index (κ1) is 9.17. The lowest BCUT2D eigenvalue weighted by atomic mass is 10.1. The number of thiophene rings is 1. The summed E-state index contributed by atoms with van der Waals surface area (Å²) in [5.74, 6) is -0.208. The maximum absolute atomic E-state index is 13.0. The van der Waals surface area contributed by atoms with Crippen LogP contribution in [0.25, 0.3) is 10.1 Å². The molecule has 0 spiro atoms. The van der Waals surface area contributed by atoms with Crippen LogP contribution in [0.2, 0.25) is 0 Å². The van der Waals surface area contributed by atoms with Crippen molar-refractivity contribution < 1.29 is 4.39 Å². The zero-order valence-corrected chi connectivity index (χ0v) is 8.49. The summed E-state index contributed by atoms with van der Waals surface area (Å²) in [5, 5.41) is 9.61. The fraction of sp³-hybridized carbons (Fsp3) is 0.182. The van der Waals surface area contributed by atoms with E-state index < -0.39 is 0 Å². The molecule has 1 aromatic carbocycles. The van der Waals surface area contributed by atoms with Crippen molar-refractivity contribution in [1.29, 1.82) is 5.26 Å². The molecule has 0 amide bonds. The van der Waals surface area contributed by atoms with Crippen LogP contribution in [0.1, 0.15) is 10.4 Å². The van der Waals surface area contributed by atoms with E-state index in [0.717, 1.165) is 20.5 Å². The number of fused-ring (bicyclic) bond motifs is 1. The van der Waals surface area contributed by atoms with Gasteiger partial charge >= 0.3 is 0 Å². The van der Waals surface area contributed by atoms with Crippen LogP contribution in [0.5, 0.6) is 0 Å². The molecule has 0 N–H and O–H groups in total. The van der Waals surface area contributed by atoms with E-state index in [1.165, 1.54) is 23.5 Å². The Morgan fingerprint density at radius 1 is 1.43 bits per heavy atom. The van der Waals surface area contributed by atoms with Gasteiger partial charge in [0.2, 0.25) is 0 Å². The summed E-state index contributed by atoms with van der Waals surface area (Å²) in [4.78, 5) is 0.996. The predicted molar refractivity (Wildman–Crippen MR) is 55.8 cm³/mol. The van der Waals surface area contributed by atoms with Crippen LogP contribution in [0, 0.1) is 24.1 Å². The van der Waals surface area contributed by atoms with Crippen molar-refractivity contribution >= 4 is 21.4 Å². The van der Waals surface area contributed by atoms with Gasteiger partial charge in [0.25, 0.3) is 0 Å². The molecule has 0 fully saturated rings. The number of nitrogens with zero attached hydrogens (tertiary/aromatic N) is 1. The average Bonchev–Trinajstić information content (AvgIpc) is 2.48. The van der Waals surface area contributed by atoms with Crippen molar-refractivity contribution in [3.8, 4) is 6.07 Å². The fourth-order valence-corrected chi connectivity index (χ4v) is 2.59. The minimum Gasteiger partial charge on any atom is -0.207 e. The van der Waals surface area contributed by atoms with Crippen LogP contribution < -0.4 is 0 Å². The summed E-state index contributed by atoms with van der Waals surface area (Å²) in [7, 11) is 0. The van der Waals surface area contributed by atoms with E-state index in [0.29, 0.717) is 6.42 Å². The second kappa shape index (κ2) is 3.39. The Balaban J connectivity index is 2.66. The van der Waals surface area contributed by atoms with Crippen LogP contribution in [-0.4, -0.2) is 0 Å². The highest BCUT2D eigenvalue weighted by Gasteiger charge is 2.05. The van der Waals surface area contributed by atoms with Crippen LogP contribution in [0.15, 0.2) is 18.2 Å². The van der Waals surface area contributed by atoms with Crippen molar-refractivity contribution in [1.82, 2.24) is 0 Å². The van der Waals surface area contributed by atoms with Gasteiger partial charge in [-0.1, -0.05) is 0 Å². The molecule has 0 unspecified atom stereocenters. The maximum atomic E-state index is 13.0. The summed E-state index contributed by atoms with van der Waals surface area (Å²) >= 11 is 1.49. The monoisotopic (exact) mass is 205 g/mol. The van der Waals surface area contributed by atoms with Gasteiger partial charge in [0.15, 0.2) is 0 Å². The molecular weight excluding hydrogens is 197 g/mol. The lowest BCUT2D eigenvalue weighted by Gasteiger charge is -1.94. The maximum Gasteiger partial charge on any atom is 0.124 e. The lowest BCUT2D eigenvalue weighted by Crippen LogP contribution is -1.76. The standard InChI is InChI=1S/C11H8FNS/c1-7-4-8(12)5-11-10(7)6-9(14-11)2-3-13/h4-6H,2H2,1H3. The summed E-state index contributed by atoms with van der Waals surface area (Å²) in [5.41, 5.74) is 0.931.